The van der Waals surface area contributed by atoms with Crippen LogP contribution in [0, 0.1) is 0 Å². The van der Waals surface area contributed by atoms with Crippen LogP contribution in [-0.4, -0.2) is 42.9 Å². The summed E-state index contributed by atoms with van der Waals surface area (Å²) in [7, 11) is 0. The van der Waals surface area contributed by atoms with Crippen molar-refractivity contribution < 1.29 is 19.1 Å². The second kappa shape index (κ2) is 8.82. The van der Waals surface area contributed by atoms with E-state index in [9.17, 15) is 9.59 Å². The number of nitrogens with zero attached hydrogens (tertiary/aromatic N) is 1. The predicted octanol–water partition coefficient (Wildman–Crippen LogP) is 3.24. The quantitative estimate of drug-likeness (QED) is 0.703. The van der Waals surface area contributed by atoms with Gasteiger partial charge in [-0.15, -0.1) is 0 Å². The minimum Gasteiger partial charge on any atom is -0.488 e. The zero-order chi connectivity index (χ0) is 19.2. The summed E-state index contributed by atoms with van der Waals surface area (Å²) in [6, 6.07) is 12.8. The third-order valence-corrected chi connectivity index (χ3v) is 4.85. The second-order valence-electron chi connectivity index (χ2n) is 6.53. The molecule has 1 aliphatic heterocycles. The van der Waals surface area contributed by atoms with E-state index < -0.39 is 0 Å². The molecular weight excluding hydrogens is 342 g/mol. The molecule has 0 fully saturated rings. The molecule has 0 saturated heterocycles. The highest BCUT2D eigenvalue weighted by molar-refractivity contribution is 6.12. The van der Waals surface area contributed by atoms with Crippen molar-refractivity contribution in [3.05, 3.63) is 64.7 Å². The van der Waals surface area contributed by atoms with E-state index in [-0.39, 0.29) is 18.2 Å². The second-order valence-corrected chi connectivity index (χ2v) is 6.53. The van der Waals surface area contributed by atoms with Gasteiger partial charge in [-0.05, 0) is 30.8 Å². The molecule has 0 bridgehead atoms. The van der Waals surface area contributed by atoms with Crippen molar-refractivity contribution in [2.24, 2.45) is 0 Å². The fourth-order valence-corrected chi connectivity index (χ4v) is 3.20. The number of carbonyl (C=O) groups is 2. The Bertz CT molecular complexity index is 827. The van der Waals surface area contributed by atoms with Gasteiger partial charge in [-0.25, -0.2) is 0 Å². The molecule has 0 aliphatic carbocycles. The molecule has 0 aromatic heterocycles. The average molecular weight is 367 g/mol. The van der Waals surface area contributed by atoms with Crippen molar-refractivity contribution in [2.45, 2.75) is 26.9 Å². The topological polar surface area (TPSA) is 55.8 Å². The molecule has 0 amide bonds. The van der Waals surface area contributed by atoms with Gasteiger partial charge in [0.1, 0.15) is 19.0 Å². The van der Waals surface area contributed by atoms with E-state index in [2.05, 4.69) is 18.7 Å². The lowest BCUT2D eigenvalue weighted by Crippen LogP contribution is -2.28. The van der Waals surface area contributed by atoms with Crippen molar-refractivity contribution in [1.82, 2.24) is 4.90 Å². The van der Waals surface area contributed by atoms with Crippen molar-refractivity contribution in [1.29, 1.82) is 0 Å². The Morgan fingerprint density at radius 1 is 1.11 bits per heavy atom. The lowest BCUT2D eigenvalue weighted by atomic mass is 9.97. The van der Waals surface area contributed by atoms with Crippen molar-refractivity contribution in [2.75, 3.05) is 26.2 Å². The Morgan fingerprint density at radius 3 is 2.67 bits per heavy atom. The van der Waals surface area contributed by atoms with E-state index in [4.69, 9.17) is 9.47 Å². The average Bonchev–Trinajstić information content (AvgIpc) is 2.83. The van der Waals surface area contributed by atoms with Gasteiger partial charge < -0.3 is 14.4 Å². The monoisotopic (exact) mass is 367 g/mol. The summed E-state index contributed by atoms with van der Waals surface area (Å²) in [5, 5.41) is 0. The molecule has 142 valence electrons. The molecular formula is C22H25NO4. The summed E-state index contributed by atoms with van der Waals surface area (Å²) < 4.78 is 11.1. The van der Waals surface area contributed by atoms with Crippen LogP contribution in [0.5, 0.6) is 5.75 Å². The summed E-state index contributed by atoms with van der Waals surface area (Å²) in [6.45, 7) is 7.50. The maximum Gasteiger partial charge on any atom is 0.310 e. The van der Waals surface area contributed by atoms with Crippen LogP contribution < -0.4 is 4.74 Å². The van der Waals surface area contributed by atoms with Crippen LogP contribution >= 0.6 is 0 Å². The molecule has 5 heteroatoms. The number of hydrogen-bond acceptors (Lipinski definition) is 5. The van der Waals surface area contributed by atoms with Crippen LogP contribution in [-0.2, 0) is 22.6 Å². The smallest absolute Gasteiger partial charge is 0.310 e. The number of benzene rings is 2. The maximum atomic E-state index is 12.9. The zero-order valence-electron chi connectivity index (χ0n) is 15.9. The van der Waals surface area contributed by atoms with E-state index in [1.807, 2.05) is 30.3 Å². The highest BCUT2D eigenvalue weighted by atomic mass is 16.5. The minimum atomic E-state index is -0.288. The van der Waals surface area contributed by atoms with E-state index >= 15 is 0 Å². The lowest BCUT2D eigenvalue weighted by Gasteiger charge is -2.17. The molecule has 3 rings (SSSR count). The fourth-order valence-electron chi connectivity index (χ4n) is 3.20. The summed E-state index contributed by atoms with van der Waals surface area (Å²) in [4.78, 5) is 27.2. The standard InChI is InChI=1S/C22H25NO4/c1-3-23(4-2)11-12-26-21(24)14-16-9-10-20-19(13-16)22(25)18-8-6-5-7-17(18)15-27-20/h5-10,13H,3-4,11-12,14-15H2,1-2H3. The number of fused-ring (bicyclic) bond motifs is 2. The third kappa shape index (κ3) is 4.55. The van der Waals surface area contributed by atoms with Gasteiger partial charge in [-0.3, -0.25) is 9.59 Å². The van der Waals surface area contributed by atoms with Gasteiger partial charge in [0.25, 0.3) is 0 Å². The Kier molecular flexibility index (Phi) is 6.24. The first-order valence-corrected chi connectivity index (χ1v) is 9.38. The molecule has 5 nitrogen and oxygen atoms in total. The van der Waals surface area contributed by atoms with E-state index in [1.165, 1.54) is 0 Å². The summed E-state index contributed by atoms with van der Waals surface area (Å²) in [6.07, 6.45) is 0.139. The predicted molar refractivity (Wildman–Crippen MR) is 103 cm³/mol. The number of carbonyl (C=O) groups excluding carboxylic acids is 2. The van der Waals surface area contributed by atoms with Crippen LogP contribution in [0.4, 0.5) is 0 Å². The van der Waals surface area contributed by atoms with Crippen molar-refractivity contribution >= 4 is 11.8 Å². The normalized spacial score (nSPS) is 12.8. The molecule has 2 aromatic rings. The Balaban J connectivity index is 1.68. The van der Waals surface area contributed by atoms with Crippen LogP contribution in [0.2, 0.25) is 0 Å². The van der Waals surface area contributed by atoms with Crippen LogP contribution in [0.1, 0.15) is 40.9 Å². The summed E-state index contributed by atoms with van der Waals surface area (Å²) >= 11 is 0. The van der Waals surface area contributed by atoms with Crippen LogP contribution in [0.15, 0.2) is 42.5 Å². The maximum absolute atomic E-state index is 12.9. The third-order valence-electron chi connectivity index (χ3n) is 4.85. The van der Waals surface area contributed by atoms with Gasteiger partial charge in [0.15, 0.2) is 5.78 Å². The molecule has 0 atom stereocenters. The Labute approximate surface area is 159 Å². The first-order chi connectivity index (χ1) is 13.1. The molecule has 0 saturated carbocycles. The molecule has 0 radical (unpaired) electrons. The molecule has 0 N–H and O–H groups in total. The largest absolute Gasteiger partial charge is 0.488 e. The van der Waals surface area contributed by atoms with E-state index in [1.54, 1.807) is 12.1 Å². The molecule has 27 heavy (non-hydrogen) atoms. The van der Waals surface area contributed by atoms with Crippen LogP contribution in [0.25, 0.3) is 0 Å². The number of esters is 1. The van der Waals surface area contributed by atoms with Gasteiger partial charge in [0.2, 0.25) is 0 Å². The fraction of sp³-hybridized carbons (Fsp3) is 0.364. The van der Waals surface area contributed by atoms with Crippen molar-refractivity contribution in [3.8, 4) is 5.75 Å². The van der Waals surface area contributed by atoms with Crippen molar-refractivity contribution in [3.63, 3.8) is 0 Å². The number of likely N-dealkylation sites (N-methyl/N-ethyl adjacent to an activating group) is 1. The SMILES string of the molecule is CCN(CC)CCOC(=O)Cc1ccc2c(c1)C(=O)c1ccccc1CO2. The highest BCUT2D eigenvalue weighted by Crippen LogP contribution is 2.29. The minimum absolute atomic E-state index is 0.0742. The van der Waals surface area contributed by atoms with Gasteiger partial charge in [0.05, 0.1) is 12.0 Å². The van der Waals surface area contributed by atoms with E-state index in [0.717, 1.165) is 30.8 Å². The van der Waals surface area contributed by atoms with Gasteiger partial charge in [-0.2, -0.15) is 0 Å². The van der Waals surface area contributed by atoms with E-state index in [0.29, 0.717) is 30.1 Å². The molecule has 0 unspecified atom stereocenters. The lowest BCUT2D eigenvalue weighted by molar-refractivity contribution is -0.143. The van der Waals surface area contributed by atoms with Gasteiger partial charge >= 0.3 is 5.97 Å². The number of ether oxygens (including phenoxy) is 2. The Hall–Kier alpha value is -2.66. The Morgan fingerprint density at radius 2 is 1.89 bits per heavy atom. The van der Waals surface area contributed by atoms with Crippen LogP contribution in [0.3, 0.4) is 0 Å². The molecule has 1 aliphatic rings. The summed E-state index contributed by atoms with van der Waals surface area (Å²) in [5.74, 6) is 0.189. The zero-order valence-corrected chi connectivity index (χ0v) is 15.9. The number of rotatable bonds is 7. The molecule has 2 aromatic carbocycles. The van der Waals surface area contributed by atoms with Gasteiger partial charge in [0, 0.05) is 17.7 Å². The molecule has 1 heterocycles. The summed E-state index contributed by atoms with van der Waals surface area (Å²) in [5.41, 5.74) is 2.76. The first-order valence-electron chi connectivity index (χ1n) is 9.38. The number of ketones is 1. The first kappa shape index (κ1) is 19.1. The van der Waals surface area contributed by atoms with Gasteiger partial charge in [-0.1, -0.05) is 44.2 Å². The molecule has 0 spiro atoms. The highest BCUT2D eigenvalue weighted by Gasteiger charge is 2.22. The number of hydrogen-bond donors (Lipinski definition) is 0.